The third kappa shape index (κ3) is 2.71. The average molecular weight is 226 g/mol. The van der Waals surface area contributed by atoms with Crippen molar-refractivity contribution in [2.75, 3.05) is 13.2 Å². The van der Waals surface area contributed by atoms with Crippen molar-refractivity contribution in [3.05, 3.63) is 34.9 Å². The van der Waals surface area contributed by atoms with Crippen LogP contribution in [0.5, 0.6) is 0 Å². The zero-order valence-electron chi connectivity index (χ0n) is 8.87. The number of nitrogens with one attached hydrogen (secondary N) is 1. The molecule has 1 N–H and O–H groups in total. The van der Waals surface area contributed by atoms with Crippen LogP contribution in [-0.2, 0) is 4.74 Å². The van der Waals surface area contributed by atoms with Crippen LogP contribution >= 0.6 is 11.6 Å². The van der Waals surface area contributed by atoms with Crippen molar-refractivity contribution in [1.29, 1.82) is 0 Å². The lowest BCUT2D eigenvalue weighted by Crippen LogP contribution is -2.47. The number of halogens is 1. The fourth-order valence-corrected chi connectivity index (χ4v) is 1.99. The van der Waals surface area contributed by atoms with Crippen LogP contribution in [0.15, 0.2) is 24.3 Å². The van der Waals surface area contributed by atoms with Gasteiger partial charge in [0.25, 0.3) is 0 Å². The van der Waals surface area contributed by atoms with Crippen molar-refractivity contribution in [2.45, 2.75) is 25.4 Å². The molecule has 0 aromatic heterocycles. The number of hydrogen-bond donors (Lipinski definition) is 1. The molecule has 1 saturated heterocycles. The molecule has 0 spiro atoms. The Kier molecular flexibility index (Phi) is 3.62. The first kappa shape index (κ1) is 10.9. The molecular weight excluding hydrogens is 210 g/mol. The predicted molar refractivity (Wildman–Crippen MR) is 62.2 cm³/mol. The van der Waals surface area contributed by atoms with E-state index in [1.807, 2.05) is 18.2 Å². The highest BCUT2D eigenvalue weighted by atomic mass is 35.5. The fraction of sp³-hybridized carbons (Fsp3) is 0.500. The molecule has 2 nitrogen and oxygen atoms in total. The second-order valence-corrected chi connectivity index (χ2v) is 4.35. The van der Waals surface area contributed by atoms with E-state index in [4.69, 9.17) is 16.3 Å². The lowest BCUT2D eigenvalue weighted by atomic mass is 10.0. The standard InChI is InChI=1S/C12H16ClNO/c1-2-12(14-11-7-15-8-11)9-4-3-5-10(13)6-9/h3-6,11-12,14H,2,7-8H2,1H3. The summed E-state index contributed by atoms with van der Waals surface area (Å²) < 4.78 is 5.15. The Morgan fingerprint density at radius 1 is 1.53 bits per heavy atom. The first-order valence-electron chi connectivity index (χ1n) is 5.39. The quantitative estimate of drug-likeness (QED) is 0.851. The van der Waals surface area contributed by atoms with Crippen LogP contribution in [0.4, 0.5) is 0 Å². The third-order valence-corrected chi connectivity index (χ3v) is 2.97. The van der Waals surface area contributed by atoms with Gasteiger partial charge in [-0.05, 0) is 24.1 Å². The van der Waals surface area contributed by atoms with Gasteiger partial charge in [0.05, 0.1) is 19.3 Å². The van der Waals surface area contributed by atoms with Crippen LogP contribution in [0, 0.1) is 0 Å². The van der Waals surface area contributed by atoms with E-state index >= 15 is 0 Å². The summed E-state index contributed by atoms with van der Waals surface area (Å²) in [4.78, 5) is 0. The topological polar surface area (TPSA) is 21.3 Å². The van der Waals surface area contributed by atoms with Gasteiger partial charge in [0.1, 0.15) is 0 Å². The molecule has 1 atom stereocenters. The van der Waals surface area contributed by atoms with Crippen LogP contribution in [-0.4, -0.2) is 19.3 Å². The number of rotatable bonds is 4. The molecule has 1 aromatic rings. The molecule has 0 radical (unpaired) electrons. The van der Waals surface area contributed by atoms with Crippen molar-refractivity contribution < 1.29 is 4.74 Å². The van der Waals surface area contributed by atoms with Crippen LogP contribution in [0.25, 0.3) is 0 Å². The summed E-state index contributed by atoms with van der Waals surface area (Å²) in [5, 5.41) is 4.37. The van der Waals surface area contributed by atoms with Gasteiger partial charge in [-0.3, -0.25) is 0 Å². The lowest BCUT2D eigenvalue weighted by Gasteiger charge is -2.31. The van der Waals surface area contributed by atoms with Crippen LogP contribution in [0.2, 0.25) is 5.02 Å². The summed E-state index contributed by atoms with van der Waals surface area (Å²) in [6.45, 7) is 3.84. The van der Waals surface area contributed by atoms with E-state index in [-0.39, 0.29) is 0 Å². The molecule has 1 aromatic carbocycles. The normalized spacial score (nSPS) is 18.5. The number of hydrogen-bond acceptors (Lipinski definition) is 2. The first-order chi connectivity index (χ1) is 7.29. The lowest BCUT2D eigenvalue weighted by molar-refractivity contribution is -0.0103. The maximum Gasteiger partial charge on any atom is 0.0643 e. The summed E-state index contributed by atoms with van der Waals surface area (Å²) in [7, 11) is 0. The molecule has 15 heavy (non-hydrogen) atoms. The van der Waals surface area contributed by atoms with Crippen molar-refractivity contribution in [1.82, 2.24) is 5.32 Å². The van der Waals surface area contributed by atoms with Crippen molar-refractivity contribution in [3.8, 4) is 0 Å². The minimum Gasteiger partial charge on any atom is -0.378 e. The Labute approximate surface area is 95.6 Å². The van der Waals surface area contributed by atoms with Crippen molar-refractivity contribution >= 4 is 11.6 Å². The van der Waals surface area contributed by atoms with E-state index in [9.17, 15) is 0 Å². The van der Waals surface area contributed by atoms with Gasteiger partial charge >= 0.3 is 0 Å². The van der Waals surface area contributed by atoms with Gasteiger partial charge in [-0.25, -0.2) is 0 Å². The zero-order valence-corrected chi connectivity index (χ0v) is 9.63. The minimum atomic E-state index is 0.387. The Morgan fingerprint density at radius 2 is 2.33 bits per heavy atom. The van der Waals surface area contributed by atoms with Crippen LogP contribution in [0.3, 0.4) is 0 Å². The van der Waals surface area contributed by atoms with E-state index < -0.39 is 0 Å². The maximum absolute atomic E-state index is 5.98. The van der Waals surface area contributed by atoms with Gasteiger partial charge in [0, 0.05) is 11.1 Å². The molecule has 2 rings (SSSR count). The zero-order chi connectivity index (χ0) is 10.7. The summed E-state index contributed by atoms with van der Waals surface area (Å²) in [5.74, 6) is 0. The number of ether oxygens (including phenoxy) is 1. The molecule has 1 aliphatic heterocycles. The van der Waals surface area contributed by atoms with E-state index in [2.05, 4.69) is 18.3 Å². The summed E-state index contributed by atoms with van der Waals surface area (Å²) in [6, 6.07) is 8.95. The molecule has 82 valence electrons. The fourth-order valence-electron chi connectivity index (χ4n) is 1.79. The van der Waals surface area contributed by atoms with E-state index in [0.717, 1.165) is 24.7 Å². The molecule has 1 heterocycles. The van der Waals surface area contributed by atoms with E-state index in [0.29, 0.717) is 12.1 Å². The molecule has 0 bridgehead atoms. The maximum atomic E-state index is 5.98. The second kappa shape index (κ2) is 4.97. The molecule has 3 heteroatoms. The van der Waals surface area contributed by atoms with Gasteiger partial charge < -0.3 is 10.1 Å². The Bertz CT molecular complexity index is 325. The molecule has 0 aliphatic carbocycles. The van der Waals surface area contributed by atoms with Crippen molar-refractivity contribution in [2.24, 2.45) is 0 Å². The summed E-state index contributed by atoms with van der Waals surface area (Å²) in [5.41, 5.74) is 1.26. The van der Waals surface area contributed by atoms with Gasteiger partial charge in [0.15, 0.2) is 0 Å². The van der Waals surface area contributed by atoms with E-state index in [1.54, 1.807) is 0 Å². The smallest absolute Gasteiger partial charge is 0.0643 e. The SMILES string of the molecule is CCC(NC1COC1)c1cccc(Cl)c1. The van der Waals surface area contributed by atoms with Gasteiger partial charge in [-0.2, -0.15) is 0 Å². The molecular formula is C12H16ClNO. The third-order valence-electron chi connectivity index (χ3n) is 2.73. The first-order valence-corrected chi connectivity index (χ1v) is 5.76. The van der Waals surface area contributed by atoms with Crippen molar-refractivity contribution in [3.63, 3.8) is 0 Å². The minimum absolute atomic E-state index is 0.387. The highest BCUT2D eigenvalue weighted by Gasteiger charge is 2.21. The van der Waals surface area contributed by atoms with Gasteiger partial charge in [-0.1, -0.05) is 30.7 Å². The second-order valence-electron chi connectivity index (χ2n) is 3.92. The molecule has 1 unspecified atom stereocenters. The molecule has 0 saturated carbocycles. The number of benzene rings is 1. The summed E-state index contributed by atoms with van der Waals surface area (Å²) >= 11 is 5.98. The Balaban J connectivity index is 2.04. The van der Waals surface area contributed by atoms with Gasteiger partial charge in [-0.15, -0.1) is 0 Å². The Morgan fingerprint density at radius 3 is 2.87 bits per heavy atom. The van der Waals surface area contributed by atoms with Crippen LogP contribution < -0.4 is 5.32 Å². The summed E-state index contributed by atoms with van der Waals surface area (Å²) in [6.07, 6.45) is 1.07. The molecule has 0 amide bonds. The van der Waals surface area contributed by atoms with E-state index in [1.165, 1.54) is 5.56 Å². The van der Waals surface area contributed by atoms with Crippen LogP contribution in [0.1, 0.15) is 24.9 Å². The molecule has 1 aliphatic rings. The monoisotopic (exact) mass is 225 g/mol. The predicted octanol–water partition coefficient (Wildman–Crippen LogP) is 2.78. The highest BCUT2D eigenvalue weighted by Crippen LogP contribution is 2.21. The largest absolute Gasteiger partial charge is 0.378 e. The average Bonchev–Trinajstić information content (AvgIpc) is 2.16. The Hall–Kier alpha value is -0.570. The highest BCUT2D eigenvalue weighted by molar-refractivity contribution is 6.30. The van der Waals surface area contributed by atoms with Gasteiger partial charge in [0.2, 0.25) is 0 Å². The molecule has 1 fully saturated rings.